The van der Waals surface area contributed by atoms with Crippen molar-refractivity contribution >= 4 is 28.3 Å². The van der Waals surface area contributed by atoms with Crippen molar-refractivity contribution in [3.05, 3.63) is 11.6 Å². The Morgan fingerprint density at radius 1 is 1.17 bits per heavy atom. The van der Waals surface area contributed by atoms with Gasteiger partial charge in [-0.05, 0) is 56.3 Å². The summed E-state index contributed by atoms with van der Waals surface area (Å²) in [6, 6.07) is 0. The smallest absolute Gasteiger partial charge is 0.227 e. The van der Waals surface area contributed by atoms with Crippen molar-refractivity contribution in [3.8, 4) is 0 Å². The molecule has 5 rings (SSSR count). The highest BCUT2D eigenvalue weighted by Gasteiger charge is 2.54. The summed E-state index contributed by atoms with van der Waals surface area (Å²) in [6.07, 6.45) is 9.17. The summed E-state index contributed by atoms with van der Waals surface area (Å²) in [4.78, 5) is 28.6. The van der Waals surface area contributed by atoms with Crippen molar-refractivity contribution in [2.24, 2.45) is 23.2 Å². The van der Waals surface area contributed by atoms with Crippen LogP contribution in [0.1, 0.15) is 44.9 Å². The van der Waals surface area contributed by atoms with Crippen molar-refractivity contribution in [2.45, 2.75) is 44.9 Å². The van der Waals surface area contributed by atoms with Gasteiger partial charge in [-0.25, -0.2) is 4.98 Å². The second-order valence-electron chi connectivity index (χ2n) is 7.59. The van der Waals surface area contributed by atoms with E-state index in [-0.39, 0.29) is 17.2 Å². The van der Waals surface area contributed by atoms with Crippen LogP contribution >= 0.6 is 11.3 Å². The van der Waals surface area contributed by atoms with Crippen molar-refractivity contribution in [1.82, 2.24) is 10.3 Å². The molecule has 4 aliphatic rings. The number of nitrogens with one attached hydrogen (secondary N) is 2. The third-order valence-corrected chi connectivity index (χ3v) is 6.52. The van der Waals surface area contributed by atoms with E-state index in [0.717, 1.165) is 37.0 Å². The number of aromatic nitrogens is 1. The average Bonchev–Trinajstić information content (AvgIpc) is 2.98. The lowest BCUT2D eigenvalue weighted by Gasteiger charge is -2.55. The van der Waals surface area contributed by atoms with Crippen molar-refractivity contribution in [2.75, 3.05) is 11.9 Å². The molecule has 0 atom stereocenters. The van der Waals surface area contributed by atoms with Gasteiger partial charge in [-0.2, -0.15) is 0 Å². The van der Waals surface area contributed by atoms with Crippen LogP contribution in [0.15, 0.2) is 11.6 Å². The molecule has 1 aromatic rings. The summed E-state index contributed by atoms with van der Waals surface area (Å²) < 4.78 is 0. The van der Waals surface area contributed by atoms with Crippen LogP contribution in [-0.2, 0) is 9.59 Å². The van der Waals surface area contributed by atoms with E-state index in [1.165, 1.54) is 30.6 Å². The molecular weight excluding hydrogens is 310 g/mol. The van der Waals surface area contributed by atoms with E-state index in [0.29, 0.717) is 18.1 Å². The molecule has 2 amide bonds. The van der Waals surface area contributed by atoms with Gasteiger partial charge in [0.15, 0.2) is 5.13 Å². The van der Waals surface area contributed by atoms with Crippen molar-refractivity contribution in [3.63, 3.8) is 0 Å². The first kappa shape index (κ1) is 15.1. The first-order valence-electron chi connectivity index (χ1n) is 8.61. The highest BCUT2D eigenvalue weighted by Crippen LogP contribution is 2.60. The summed E-state index contributed by atoms with van der Waals surface area (Å²) >= 11 is 1.40. The van der Waals surface area contributed by atoms with Gasteiger partial charge in [-0.3, -0.25) is 9.59 Å². The summed E-state index contributed by atoms with van der Waals surface area (Å²) in [5.74, 6) is 2.39. The summed E-state index contributed by atoms with van der Waals surface area (Å²) in [6.45, 7) is 0.414. The minimum atomic E-state index is -0.124. The zero-order chi connectivity index (χ0) is 15.9. The van der Waals surface area contributed by atoms with Crippen LogP contribution in [-0.4, -0.2) is 23.3 Å². The van der Waals surface area contributed by atoms with Crippen LogP contribution in [0.3, 0.4) is 0 Å². The number of hydrogen-bond donors (Lipinski definition) is 2. The Balaban J connectivity index is 1.28. The fraction of sp³-hybridized carbons (Fsp3) is 0.706. The molecule has 4 fully saturated rings. The number of nitrogens with zero attached hydrogens (tertiary/aromatic N) is 1. The zero-order valence-electron chi connectivity index (χ0n) is 13.2. The van der Waals surface area contributed by atoms with E-state index < -0.39 is 0 Å². The monoisotopic (exact) mass is 333 g/mol. The summed E-state index contributed by atoms with van der Waals surface area (Å²) in [7, 11) is 0. The maximum atomic E-state index is 12.7. The lowest BCUT2D eigenvalue weighted by atomic mass is 9.49. The maximum absolute atomic E-state index is 12.7. The van der Waals surface area contributed by atoms with E-state index in [1.807, 2.05) is 5.38 Å². The van der Waals surface area contributed by atoms with Gasteiger partial charge in [0, 0.05) is 30.0 Å². The number of thiazole rings is 1. The molecule has 5 nitrogen and oxygen atoms in total. The molecule has 124 valence electrons. The van der Waals surface area contributed by atoms with E-state index in [1.54, 1.807) is 6.20 Å². The lowest BCUT2D eigenvalue weighted by Crippen LogP contribution is -2.53. The predicted octanol–water partition coefficient (Wildman–Crippen LogP) is 2.80. The number of carbonyl (C=O) groups excluding carboxylic acids is 2. The summed E-state index contributed by atoms with van der Waals surface area (Å²) in [5, 5.41) is 8.22. The van der Waals surface area contributed by atoms with E-state index in [9.17, 15) is 9.59 Å². The Bertz CT molecular complexity index is 564. The molecule has 0 spiro atoms. The number of carbonyl (C=O) groups is 2. The molecular formula is C17H23N3O2S. The van der Waals surface area contributed by atoms with Gasteiger partial charge in [0.05, 0.1) is 0 Å². The average molecular weight is 333 g/mol. The quantitative estimate of drug-likeness (QED) is 0.870. The van der Waals surface area contributed by atoms with Crippen LogP contribution < -0.4 is 10.6 Å². The molecule has 4 bridgehead atoms. The minimum Gasteiger partial charge on any atom is -0.355 e. The number of rotatable bonds is 5. The van der Waals surface area contributed by atoms with Gasteiger partial charge in [0.1, 0.15) is 0 Å². The summed E-state index contributed by atoms with van der Waals surface area (Å²) in [5.41, 5.74) is -0.124. The Labute approximate surface area is 140 Å². The van der Waals surface area contributed by atoms with E-state index in [4.69, 9.17) is 0 Å². The molecule has 0 aliphatic heterocycles. The van der Waals surface area contributed by atoms with E-state index in [2.05, 4.69) is 15.6 Å². The molecule has 4 saturated carbocycles. The van der Waals surface area contributed by atoms with Crippen molar-refractivity contribution in [1.29, 1.82) is 0 Å². The molecule has 0 aromatic carbocycles. The SMILES string of the molecule is O=C(CCNC(=O)C12CC3CC(CC(C3)C1)C2)Nc1nccs1. The Morgan fingerprint density at radius 2 is 1.83 bits per heavy atom. The predicted molar refractivity (Wildman–Crippen MR) is 89.0 cm³/mol. The Kier molecular flexibility index (Phi) is 3.87. The highest BCUT2D eigenvalue weighted by atomic mass is 32.1. The normalized spacial score (nSPS) is 34.3. The fourth-order valence-corrected chi connectivity index (χ4v) is 5.88. The highest BCUT2D eigenvalue weighted by molar-refractivity contribution is 7.13. The Morgan fingerprint density at radius 3 is 2.39 bits per heavy atom. The topological polar surface area (TPSA) is 71.1 Å². The Hall–Kier alpha value is -1.43. The van der Waals surface area contributed by atoms with Gasteiger partial charge < -0.3 is 10.6 Å². The van der Waals surface area contributed by atoms with Gasteiger partial charge >= 0.3 is 0 Å². The molecule has 2 N–H and O–H groups in total. The van der Waals surface area contributed by atoms with Crippen LogP contribution in [0.25, 0.3) is 0 Å². The molecule has 0 radical (unpaired) electrons. The maximum Gasteiger partial charge on any atom is 0.227 e. The number of amides is 2. The standard InChI is InChI=1S/C17H23N3O2S/c21-14(20-16-19-3-4-23-16)1-2-18-15(22)17-8-11-5-12(9-17)7-13(6-11)10-17/h3-4,11-13H,1-2,5-10H2,(H,18,22)(H,19,20,21). The second kappa shape index (κ2) is 5.89. The van der Waals surface area contributed by atoms with E-state index >= 15 is 0 Å². The second-order valence-corrected chi connectivity index (χ2v) is 8.48. The van der Waals surface area contributed by atoms with Gasteiger partial charge in [0.25, 0.3) is 0 Å². The van der Waals surface area contributed by atoms with Crippen LogP contribution in [0.2, 0.25) is 0 Å². The van der Waals surface area contributed by atoms with Gasteiger partial charge in [0.2, 0.25) is 11.8 Å². The largest absolute Gasteiger partial charge is 0.355 e. The fourth-order valence-electron chi connectivity index (χ4n) is 5.33. The molecule has 1 aromatic heterocycles. The van der Waals surface area contributed by atoms with Gasteiger partial charge in [-0.15, -0.1) is 11.3 Å². The molecule has 1 heterocycles. The zero-order valence-corrected chi connectivity index (χ0v) is 14.0. The molecule has 23 heavy (non-hydrogen) atoms. The third kappa shape index (κ3) is 3.01. The lowest BCUT2D eigenvalue weighted by molar-refractivity contribution is -0.146. The number of anilines is 1. The molecule has 0 saturated heterocycles. The molecule has 4 aliphatic carbocycles. The van der Waals surface area contributed by atoms with Gasteiger partial charge in [-0.1, -0.05) is 0 Å². The molecule has 6 heteroatoms. The van der Waals surface area contributed by atoms with Crippen LogP contribution in [0, 0.1) is 23.2 Å². The molecule has 0 unspecified atom stereocenters. The first-order chi connectivity index (χ1) is 11.1. The number of hydrogen-bond acceptors (Lipinski definition) is 4. The van der Waals surface area contributed by atoms with Crippen LogP contribution in [0.5, 0.6) is 0 Å². The van der Waals surface area contributed by atoms with Crippen molar-refractivity contribution < 1.29 is 9.59 Å². The first-order valence-corrected chi connectivity index (χ1v) is 9.48. The van der Waals surface area contributed by atoms with Crippen LogP contribution in [0.4, 0.5) is 5.13 Å². The minimum absolute atomic E-state index is 0.0919. The third-order valence-electron chi connectivity index (χ3n) is 5.84.